The number of rotatable bonds is 3. The van der Waals surface area contributed by atoms with Gasteiger partial charge in [-0.25, -0.2) is 4.57 Å². The van der Waals surface area contributed by atoms with E-state index in [0.717, 1.165) is 0 Å². The number of quaternary nitrogens is 1. The Morgan fingerprint density at radius 3 is 1.91 bits per heavy atom. The highest BCUT2D eigenvalue weighted by Crippen LogP contribution is 2.40. The van der Waals surface area contributed by atoms with Crippen LogP contribution in [0.15, 0.2) is 0 Å². The highest BCUT2D eigenvalue weighted by atomic mass is 31.2. The van der Waals surface area contributed by atoms with Crippen molar-refractivity contribution in [3.63, 3.8) is 0 Å². The van der Waals surface area contributed by atoms with Crippen molar-refractivity contribution in [1.29, 1.82) is 0 Å². The van der Waals surface area contributed by atoms with Crippen LogP contribution in [0, 0.1) is 0 Å². The number of hydrogen-bond donors (Lipinski definition) is 4. The Morgan fingerprint density at radius 2 is 1.82 bits per heavy atom. The maximum atomic E-state index is 10.2. The van der Waals surface area contributed by atoms with Crippen molar-refractivity contribution in [2.75, 3.05) is 6.61 Å². The van der Waals surface area contributed by atoms with Crippen molar-refractivity contribution in [2.45, 2.75) is 19.4 Å². The molecule has 0 aromatic rings. The molecule has 0 spiro atoms. The molecule has 70 valence electrons. The molecule has 0 unspecified atom stereocenters. The van der Waals surface area contributed by atoms with Crippen LogP contribution in [0.2, 0.25) is 0 Å². The van der Waals surface area contributed by atoms with Crippen LogP contribution < -0.4 is 6.15 Å². The van der Waals surface area contributed by atoms with E-state index in [9.17, 15) is 4.57 Å². The summed E-state index contributed by atoms with van der Waals surface area (Å²) >= 11 is 0. The fourth-order valence-corrected chi connectivity index (χ4v) is 1.05. The summed E-state index contributed by atoms with van der Waals surface area (Å²) in [4.78, 5) is 16.5. The lowest BCUT2D eigenvalue weighted by molar-refractivity contribution is 0.0152. The van der Waals surface area contributed by atoms with Crippen LogP contribution in [0.1, 0.15) is 13.8 Å². The summed E-state index contributed by atoms with van der Waals surface area (Å²) in [6.45, 7) is 2.33. The van der Waals surface area contributed by atoms with E-state index in [0.29, 0.717) is 0 Å². The minimum absolute atomic E-state index is 0. The van der Waals surface area contributed by atoms with Gasteiger partial charge >= 0.3 is 7.82 Å². The molecule has 0 rings (SSSR count). The molecule has 0 aliphatic carbocycles. The van der Waals surface area contributed by atoms with E-state index in [1.54, 1.807) is 0 Å². The van der Waals surface area contributed by atoms with Gasteiger partial charge in [-0.15, -0.1) is 0 Å². The molecule has 11 heavy (non-hydrogen) atoms. The highest BCUT2D eigenvalue weighted by Gasteiger charge is 2.27. The first-order valence-corrected chi connectivity index (χ1v) is 4.17. The summed E-state index contributed by atoms with van der Waals surface area (Å²) in [5.74, 6) is 0. The topological polar surface area (TPSA) is 123 Å². The molecule has 0 aliphatic heterocycles. The smallest absolute Gasteiger partial charge is 0.393 e. The van der Waals surface area contributed by atoms with Crippen molar-refractivity contribution in [1.82, 2.24) is 6.15 Å². The SMILES string of the molecule is CC(C)(CO)OP(=O)(O)O.[NH4+]. The summed E-state index contributed by atoms with van der Waals surface area (Å²) in [7, 11) is -4.46. The number of phosphoric acid groups is 1. The van der Waals surface area contributed by atoms with Gasteiger partial charge in [0.2, 0.25) is 0 Å². The standard InChI is InChI=1S/C4H11O5P.H3N/c1-4(2,3-5)9-10(6,7)8;/h5H,3H2,1-2H3,(H2,6,7,8);1H3/p+1. The number of aliphatic hydroxyl groups excluding tert-OH is 1. The fourth-order valence-electron chi connectivity index (χ4n) is 0.351. The van der Waals surface area contributed by atoms with E-state index < -0.39 is 20.0 Å². The van der Waals surface area contributed by atoms with Gasteiger partial charge in [-0.3, -0.25) is 4.52 Å². The summed E-state index contributed by atoms with van der Waals surface area (Å²) in [6.07, 6.45) is 0. The lowest BCUT2D eigenvalue weighted by Crippen LogP contribution is -2.27. The van der Waals surface area contributed by atoms with Crippen molar-refractivity contribution >= 4 is 7.82 Å². The van der Waals surface area contributed by atoms with Gasteiger partial charge in [0.1, 0.15) is 0 Å². The lowest BCUT2D eigenvalue weighted by Gasteiger charge is -2.21. The van der Waals surface area contributed by atoms with Gasteiger partial charge in [0, 0.05) is 0 Å². The summed E-state index contributed by atoms with van der Waals surface area (Å²) in [6, 6.07) is 0. The van der Waals surface area contributed by atoms with E-state index in [4.69, 9.17) is 14.9 Å². The largest absolute Gasteiger partial charge is 0.470 e. The molecule has 7 N–H and O–H groups in total. The Balaban J connectivity index is 0. The molecule has 0 bridgehead atoms. The van der Waals surface area contributed by atoms with Crippen LogP contribution in [-0.4, -0.2) is 27.1 Å². The maximum Gasteiger partial charge on any atom is 0.470 e. The third-order valence-electron chi connectivity index (χ3n) is 0.747. The van der Waals surface area contributed by atoms with Gasteiger partial charge in [0.05, 0.1) is 12.2 Å². The second-order valence-electron chi connectivity index (χ2n) is 2.50. The van der Waals surface area contributed by atoms with Crippen molar-refractivity contribution in [2.24, 2.45) is 0 Å². The Bertz CT molecular complexity index is 153. The van der Waals surface area contributed by atoms with E-state index in [2.05, 4.69) is 4.52 Å². The van der Waals surface area contributed by atoms with Crippen molar-refractivity contribution < 1.29 is 24.0 Å². The van der Waals surface area contributed by atoms with Crippen LogP contribution in [0.4, 0.5) is 0 Å². The van der Waals surface area contributed by atoms with Crippen molar-refractivity contribution in [3.05, 3.63) is 0 Å². The van der Waals surface area contributed by atoms with Gasteiger partial charge in [0.15, 0.2) is 0 Å². The predicted octanol–water partition coefficient (Wildman–Crippen LogP) is 0.243. The Kier molecular flexibility index (Phi) is 5.14. The zero-order valence-corrected chi connectivity index (χ0v) is 7.71. The first kappa shape index (κ1) is 13.6. The Hall–Kier alpha value is 0.0300. The summed E-state index contributed by atoms with van der Waals surface area (Å²) in [5, 5.41) is 8.49. The Labute approximate surface area is 65.0 Å². The molecule has 0 heterocycles. The van der Waals surface area contributed by atoms with Crippen molar-refractivity contribution in [3.8, 4) is 0 Å². The first-order valence-electron chi connectivity index (χ1n) is 2.64. The molecule has 6 nitrogen and oxygen atoms in total. The van der Waals surface area contributed by atoms with Gasteiger partial charge in [0.25, 0.3) is 0 Å². The zero-order chi connectivity index (χ0) is 8.41. The molecule has 0 aromatic carbocycles. The average Bonchev–Trinajstić information content (AvgIpc) is 1.60. The van der Waals surface area contributed by atoms with E-state index in [-0.39, 0.29) is 6.15 Å². The molecule has 0 aliphatic rings. The molecular weight excluding hydrogens is 173 g/mol. The molecule has 0 saturated carbocycles. The third-order valence-corrected chi connectivity index (χ3v) is 1.48. The van der Waals surface area contributed by atoms with Gasteiger partial charge in [-0.1, -0.05) is 0 Å². The molecular formula is C4H15NO5P+. The average molecular weight is 188 g/mol. The number of hydrogen-bond acceptors (Lipinski definition) is 3. The molecule has 7 heteroatoms. The first-order chi connectivity index (χ1) is 4.27. The summed E-state index contributed by atoms with van der Waals surface area (Å²) in [5.41, 5.74) is -1.18. The van der Waals surface area contributed by atoms with E-state index in [1.165, 1.54) is 13.8 Å². The predicted molar refractivity (Wildman–Crippen MR) is 40.3 cm³/mol. The Morgan fingerprint density at radius 1 is 1.45 bits per heavy atom. The monoisotopic (exact) mass is 188 g/mol. The minimum atomic E-state index is -4.46. The second kappa shape index (κ2) is 4.15. The lowest BCUT2D eigenvalue weighted by atomic mass is 10.2. The van der Waals surface area contributed by atoms with Gasteiger partial charge < -0.3 is 21.0 Å². The van der Waals surface area contributed by atoms with Crippen LogP contribution in [0.25, 0.3) is 0 Å². The molecule has 0 aromatic heterocycles. The van der Waals surface area contributed by atoms with Gasteiger partial charge in [-0.05, 0) is 13.8 Å². The van der Waals surface area contributed by atoms with Crippen LogP contribution in [0.3, 0.4) is 0 Å². The summed E-state index contributed by atoms with van der Waals surface area (Å²) < 4.78 is 14.4. The molecule has 0 fully saturated rings. The fraction of sp³-hybridized carbons (Fsp3) is 1.00. The molecule has 0 saturated heterocycles. The minimum Gasteiger partial charge on any atom is -0.393 e. The normalized spacial score (nSPS) is 12.5. The second-order valence-corrected chi connectivity index (χ2v) is 3.66. The number of aliphatic hydroxyl groups is 1. The molecule has 0 amide bonds. The zero-order valence-electron chi connectivity index (χ0n) is 6.81. The quantitative estimate of drug-likeness (QED) is 0.472. The van der Waals surface area contributed by atoms with Crippen LogP contribution >= 0.6 is 7.82 Å². The van der Waals surface area contributed by atoms with E-state index >= 15 is 0 Å². The molecule has 0 radical (unpaired) electrons. The van der Waals surface area contributed by atoms with Crippen LogP contribution in [-0.2, 0) is 9.09 Å². The highest BCUT2D eigenvalue weighted by molar-refractivity contribution is 7.46. The maximum absolute atomic E-state index is 10.2. The third kappa shape index (κ3) is 7.93. The molecule has 0 atom stereocenters. The number of phosphoric ester groups is 1. The van der Waals surface area contributed by atoms with Gasteiger partial charge in [-0.2, -0.15) is 0 Å². The van der Waals surface area contributed by atoms with Crippen LogP contribution in [0.5, 0.6) is 0 Å². The van der Waals surface area contributed by atoms with E-state index in [1.807, 2.05) is 0 Å².